The number of nitrogens with one attached hydrogen (secondary N) is 1. The lowest BCUT2D eigenvalue weighted by atomic mass is 10.0. The van der Waals surface area contributed by atoms with E-state index < -0.39 is 23.8 Å². The van der Waals surface area contributed by atoms with Crippen molar-refractivity contribution in [2.45, 2.75) is 25.4 Å². The standard InChI is InChI=1S/C15H15N3O5/c1-23-9-4-2-7-6-18(8-3-5-10(19)17-14(8)21)15(22)11(7)12(9)13(16)20/h2,4,8H,3,5-6H2,1H3,(H2,16,20)(H,17,19,21). The summed E-state index contributed by atoms with van der Waals surface area (Å²) in [4.78, 5) is 49.0. The third-order valence-corrected chi connectivity index (χ3v) is 4.12. The Kier molecular flexibility index (Phi) is 3.51. The Bertz CT molecular complexity index is 743. The van der Waals surface area contributed by atoms with Gasteiger partial charge in [-0.25, -0.2) is 0 Å². The van der Waals surface area contributed by atoms with Crippen LogP contribution in [0.1, 0.15) is 39.1 Å². The van der Waals surface area contributed by atoms with Crippen LogP contribution in [0.5, 0.6) is 5.75 Å². The van der Waals surface area contributed by atoms with E-state index in [9.17, 15) is 19.2 Å². The zero-order valence-electron chi connectivity index (χ0n) is 12.4. The largest absolute Gasteiger partial charge is 0.496 e. The van der Waals surface area contributed by atoms with Crippen molar-refractivity contribution in [3.05, 3.63) is 28.8 Å². The number of imide groups is 1. The van der Waals surface area contributed by atoms with Crippen LogP contribution in [-0.2, 0) is 16.1 Å². The first kappa shape index (κ1) is 15.0. The molecule has 0 aliphatic carbocycles. The van der Waals surface area contributed by atoms with Gasteiger partial charge in [0.1, 0.15) is 11.8 Å². The molecule has 1 atom stereocenters. The van der Waals surface area contributed by atoms with E-state index >= 15 is 0 Å². The van der Waals surface area contributed by atoms with Crippen LogP contribution in [0.4, 0.5) is 0 Å². The highest BCUT2D eigenvalue weighted by molar-refractivity contribution is 6.12. The van der Waals surface area contributed by atoms with Crippen molar-refractivity contribution in [2.75, 3.05) is 7.11 Å². The van der Waals surface area contributed by atoms with Gasteiger partial charge >= 0.3 is 0 Å². The van der Waals surface area contributed by atoms with Gasteiger partial charge < -0.3 is 15.4 Å². The SMILES string of the molecule is COc1ccc2c(c1C(N)=O)C(=O)N(C1CCC(=O)NC1=O)C2. The number of hydrogen-bond donors (Lipinski definition) is 2. The molecule has 1 unspecified atom stereocenters. The van der Waals surface area contributed by atoms with E-state index in [1.165, 1.54) is 12.0 Å². The van der Waals surface area contributed by atoms with E-state index in [0.717, 1.165) is 0 Å². The van der Waals surface area contributed by atoms with Crippen LogP contribution >= 0.6 is 0 Å². The first-order valence-corrected chi connectivity index (χ1v) is 7.08. The Morgan fingerprint density at radius 2 is 2.09 bits per heavy atom. The summed E-state index contributed by atoms with van der Waals surface area (Å²) in [5.74, 6) is -1.86. The minimum atomic E-state index is -0.767. The Morgan fingerprint density at radius 3 is 2.70 bits per heavy atom. The van der Waals surface area contributed by atoms with E-state index in [1.54, 1.807) is 12.1 Å². The van der Waals surface area contributed by atoms with E-state index in [-0.39, 0.29) is 42.2 Å². The Balaban J connectivity index is 2.00. The molecule has 8 nitrogen and oxygen atoms in total. The van der Waals surface area contributed by atoms with Crippen LogP contribution in [0.2, 0.25) is 0 Å². The maximum Gasteiger partial charge on any atom is 0.256 e. The minimum Gasteiger partial charge on any atom is -0.496 e. The molecule has 1 aromatic carbocycles. The highest BCUT2D eigenvalue weighted by Gasteiger charge is 2.41. The van der Waals surface area contributed by atoms with Gasteiger partial charge in [-0.05, 0) is 18.1 Å². The molecule has 0 bridgehead atoms. The molecule has 2 heterocycles. The smallest absolute Gasteiger partial charge is 0.256 e. The molecule has 1 fully saturated rings. The van der Waals surface area contributed by atoms with Gasteiger partial charge in [0.05, 0.1) is 18.2 Å². The van der Waals surface area contributed by atoms with Crippen molar-refractivity contribution in [3.8, 4) is 5.75 Å². The molecule has 3 N–H and O–H groups in total. The monoisotopic (exact) mass is 317 g/mol. The number of nitrogens with zero attached hydrogens (tertiary/aromatic N) is 1. The van der Waals surface area contributed by atoms with Crippen molar-refractivity contribution < 1.29 is 23.9 Å². The van der Waals surface area contributed by atoms with Gasteiger partial charge in [0.2, 0.25) is 11.8 Å². The maximum atomic E-state index is 12.7. The van der Waals surface area contributed by atoms with Crippen LogP contribution in [0.15, 0.2) is 12.1 Å². The summed E-state index contributed by atoms with van der Waals surface area (Å²) in [5.41, 5.74) is 6.17. The predicted molar refractivity (Wildman–Crippen MR) is 77.6 cm³/mol. The van der Waals surface area contributed by atoms with Crippen LogP contribution in [-0.4, -0.2) is 41.7 Å². The summed E-state index contributed by atoms with van der Waals surface area (Å²) < 4.78 is 5.10. The molecule has 3 rings (SSSR count). The molecule has 0 spiro atoms. The molecular weight excluding hydrogens is 302 g/mol. The Labute approximate surface area is 131 Å². The number of hydrogen-bond acceptors (Lipinski definition) is 5. The van der Waals surface area contributed by atoms with Crippen molar-refractivity contribution in [1.82, 2.24) is 10.2 Å². The molecule has 23 heavy (non-hydrogen) atoms. The number of amides is 4. The van der Waals surface area contributed by atoms with Crippen LogP contribution in [0, 0.1) is 0 Å². The van der Waals surface area contributed by atoms with Crippen molar-refractivity contribution in [2.24, 2.45) is 5.73 Å². The van der Waals surface area contributed by atoms with Crippen LogP contribution in [0.25, 0.3) is 0 Å². The number of benzene rings is 1. The molecule has 2 aliphatic heterocycles. The zero-order valence-corrected chi connectivity index (χ0v) is 12.4. The quantitative estimate of drug-likeness (QED) is 0.732. The summed E-state index contributed by atoms with van der Waals surface area (Å²) in [7, 11) is 1.38. The maximum absolute atomic E-state index is 12.7. The van der Waals surface area contributed by atoms with Crippen molar-refractivity contribution >= 4 is 23.6 Å². The normalized spacial score (nSPS) is 20.3. The van der Waals surface area contributed by atoms with Crippen LogP contribution < -0.4 is 15.8 Å². The van der Waals surface area contributed by atoms with E-state index in [0.29, 0.717) is 5.56 Å². The predicted octanol–water partition coefficient (Wildman–Crippen LogP) is -0.445. The number of nitrogens with two attached hydrogens (primary N) is 1. The highest BCUT2D eigenvalue weighted by atomic mass is 16.5. The van der Waals surface area contributed by atoms with Crippen LogP contribution in [0.3, 0.4) is 0 Å². The molecule has 0 aromatic heterocycles. The van der Waals surface area contributed by atoms with E-state index in [1.807, 2.05) is 0 Å². The lowest BCUT2D eigenvalue weighted by Crippen LogP contribution is -2.52. The lowest BCUT2D eigenvalue weighted by molar-refractivity contribution is -0.136. The average Bonchev–Trinajstić information content (AvgIpc) is 2.83. The fraction of sp³-hybridized carbons (Fsp3) is 0.333. The second-order valence-corrected chi connectivity index (χ2v) is 5.44. The van der Waals surface area contributed by atoms with Gasteiger partial charge in [-0.3, -0.25) is 24.5 Å². The summed E-state index contributed by atoms with van der Waals surface area (Å²) in [5, 5.41) is 2.23. The fourth-order valence-corrected chi connectivity index (χ4v) is 3.05. The number of methoxy groups -OCH3 is 1. The molecule has 0 radical (unpaired) electrons. The third kappa shape index (κ3) is 2.32. The van der Waals surface area contributed by atoms with Crippen molar-refractivity contribution in [3.63, 3.8) is 0 Å². The number of carbonyl (C=O) groups excluding carboxylic acids is 4. The first-order chi connectivity index (χ1) is 10.9. The molecule has 4 amide bonds. The number of primary amides is 1. The van der Waals surface area contributed by atoms with Gasteiger partial charge in [-0.2, -0.15) is 0 Å². The van der Waals surface area contributed by atoms with Gasteiger partial charge in [0.25, 0.3) is 11.8 Å². The van der Waals surface area contributed by atoms with Crippen molar-refractivity contribution in [1.29, 1.82) is 0 Å². The molecule has 2 aliphatic rings. The topological polar surface area (TPSA) is 119 Å². The Morgan fingerprint density at radius 1 is 1.35 bits per heavy atom. The van der Waals surface area contributed by atoms with Gasteiger partial charge in [-0.1, -0.05) is 6.07 Å². The summed E-state index contributed by atoms with van der Waals surface area (Å²) in [6.45, 7) is 0.185. The Hall–Kier alpha value is -2.90. The van der Waals surface area contributed by atoms with E-state index in [4.69, 9.17) is 10.5 Å². The molecule has 8 heteroatoms. The third-order valence-electron chi connectivity index (χ3n) is 4.12. The number of ether oxygens (including phenoxy) is 1. The van der Waals surface area contributed by atoms with E-state index in [2.05, 4.69) is 5.32 Å². The summed E-state index contributed by atoms with van der Waals surface area (Å²) in [6, 6.07) is 2.50. The second kappa shape index (κ2) is 5.38. The minimum absolute atomic E-state index is 0.0183. The summed E-state index contributed by atoms with van der Waals surface area (Å²) >= 11 is 0. The summed E-state index contributed by atoms with van der Waals surface area (Å²) in [6.07, 6.45) is 0.427. The molecule has 1 saturated heterocycles. The molecule has 1 aromatic rings. The van der Waals surface area contributed by atoms with Gasteiger partial charge in [-0.15, -0.1) is 0 Å². The first-order valence-electron chi connectivity index (χ1n) is 7.08. The number of carbonyl (C=O) groups is 4. The highest BCUT2D eigenvalue weighted by Crippen LogP contribution is 2.34. The second-order valence-electron chi connectivity index (χ2n) is 5.44. The van der Waals surface area contributed by atoms with Gasteiger partial charge in [0.15, 0.2) is 0 Å². The molecular formula is C15H15N3O5. The molecule has 0 saturated carbocycles. The number of piperidine rings is 1. The lowest BCUT2D eigenvalue weighted by Gasteiger charge is -2.29. The van der Waals surface area contributed by atoms with Gasteiger partial charge in [0, 0.05) is 13.0 Å². The number of fused-ring (bicyclic) bond motifs is 1. The molecule has 120 valence electrons. The number of rotatable bonds is 3. The zero-order chi connectivity index (χ0) is 16.7. The fourth-order valence-electron chi connectivity index (χ4n) is 3.05. The average molecular weight is 317 g/mol.